The van der Waals surface area contributed by atoms with Gasteiger partial charge in [-0.1, -0.05) is 24.3 Å². The summed E-state index contributed by atoms with van der Waals surface area (Å²) in [4.78, 5) is 35.2. The van der Waals surface area contributed by atoms with Crippen LogP contribution in [0.25, 0.3) is 10.8 Å². The van der Waals surface area contributed by atoms with Crippen molar-refractivity contribution < 1.29 is 13.2 Å². The quantitative estimate of drug-likeness (QED) is 0.631. The van der Waals surface area contributed by atoms with Crippen LogP contribution in [0.3, 0.4) is 0 Å². The SMILES string of the molecule is CC(=O)NS(=O)(=O)c1ccc(NN=c2c(=O)c3ccccc3c2=O)cc1. The van der Waals surface area contributed by atoms with Gasteiger partial charge in [0.05, 0.1) is 10.6 Å². The fourth-order valence-corrected chi connectivity index (χ4v) is 3.41. The molecule has 0 aliphatic rings. The molecule has 0 spiro atoms. The van der Waals surface area contributed by atoms with Crippen LogP contribution < -0.4 is 26.4 Å². The molecule has 132 valence electrons. The Bertz CT molecular complexity index is 1200. The number of benzene rings is 2. The van der Waals surface area contributed by atoms with Crippen molar-refractivity contribution in [3.8, 4) is 0 Å². The summed E-state index contributed by atoms with van der Waals surface area (Å²) in [5, 5.41) is 4.23. The van der Waals surface area contributed by atoms with Crippen molar-refractivity contribution in [2.24, 2.45) is 5.10 Å². The molecule has 0 saturated carbocycles. The zero-order valence-corrected chi connectivity index (χ0v) is 14.3. The first-order valence-corrected chi connectivity index (χ1v) is 8.93. The lowest BCUT2D eigenvalue weighted by Gasteiger charge is -2.05. The summed E-state index contributed by atoms with van der Waals surface area (Å²) in [7, 11) is -3.93. The minimum Gasteiger partial charge on any atom is -0.287 e. The molecule has 0 fully saturated rings. The van der Waals surface area contributed by atoms with Crippen LogP contribution in [-0.4, -0.2) is 14.3 Å². The number of hydrogen-bond donors (Lipinski definition) is 2. The summed E-state index contributed by atoms with van der Waals surface area (Å²) >= 11 is 0. The maximum atomic E-state index is 12.2. The smallest absolute Gasteiger partial charge is 0.264 e. The molecule has 3 rings (SSSR count). The molecule has 0 bridgehead atoms. The third kappa shape index (κ3) is 3.24. The molecule has 8 nitrogen and oxygen atoms in total. The van der Waals surface area contributed by atoms with Gasteiger partial charge in [0, 0.05) is 17.7 Å². The second kappa shape index (κ2) is 6.52. The molecule has 26 heavy (non-hydrogen) atoms. The van der Waals surface area contributed by atoms with E-state index in [9.17, 15) is 22.8 Å². The van der Waals surface area contributed by atoms with Crippen LogP contribution in [-0.2, 0) is 14.8 Å². The summed E-state index contributed by atoms with van der Waals surface area (Å²) in [6.07, 6.45) is 0. The van der Waals surface area contributed by atoms with E-state index < -0.39 is 26.8 Å². The minimum absolute atomic E-state index is 0.105. The summed E-state index contributed by atoms with van der Waals surface area (Å²) in [6.45, 7) is 1.09. The Hall–Kier alpha value is -3.33. The Morgan fingerprint density at radius 3 is 1.96 bits per heavy atom. The van der Waals surface area contributed by atoms with Gasteiger partial charge in [0.1, 0.15) is 0 Å². The third-order valence-electron chi connectivity index (χ3n) is 3.59. The first-order valence-electron chi connectivity index (χ1n) is 7.45. The van der Waals surface area contributed by atoms with Crippen molar-refractivity contribution in [2.45, 2.75) is 11.8 Å². The fraction of sp³-hybridized carbons (Fsp3) is 0.0588. The summed E-state index contributed by atoms with van der Waals surface area (Å²) in [6, 6.07) is 11.8. The highest BCUT2D eigenvalue weighted by atomic mass is 32.2. The number of carbonyl (C=O) groups is 1. The van der Waals surface area contributed by atoms with Gasteiger partial charge in [-0.15, -0.1) is 0 Å². The molecular weight excluding hydrogens is 358 g/mol. The monoisotopic (exact) mass is 371 g/mol. The van der Waals surface area contributed by atoms with E-state index in [0.717, 1.165) is 6.92 Å². The lowest BCUT2D eigenvalue weighted by Crippen LogP contribution is -2.32. The number of hydrogen-bond acceptors (Lipinski definition) is 7. The van der Waals surface area contributed by atoms with Gasteiger partial charge in [-0.2, -0.15) is 5.10 Å². The van der Waals surface area contributed by atoms with Crippen LogP contribution in [0.2, 0.25) is 0 Å². The van der Waals surface area contributed by atoms with Gasteiger partial charge in [-0.25, -0.2) is 13.1 Å². The number of carbonyl (C=O) groups excluding carboxylic acids is 1. The van der Waals surface area contributed by atoms with Crippen LogP contribution in [0.1, 0.15) is 6.92 Å². The van der Waals surface area contributed by atoms with Gasteiger partial charge in [0.15, 0.2) is 5.36 Å². The lowest BCUT2D eigenvalue weighted by molar-refractivity contribution is -0.117. The highest BCUT2D eigenvalue weighted by Gasteiger charge is 2.15. The lowest BCUT2D eigenvalue weighted by atomic mass is 10.2. The van der Waals surface area contributed by atoms with E-state index in [1.807, 2.05) is 4.72 Å². The molecule has 0 radical (unpaired) electrons. The van der Waals surface area contributed by atoms with Crippen LogP contribution in [0.4, 0.5) is 5.69 Å². The molecule has 0 aliphatic heterocycles. The fourth-order valence-electron chi connectivity index (χ4n) is 2.42. The molecule has 0 atom stereocenters. The maximum Gasteiger partial charge on any atom is 0.264 e. The van der Waals surface area contributed by atoms with Crippen LogP contribution >= 0.6 is 0 Å². The third-order valence-corrected chi connectivity index (χ3v) is 5.03. The van der Waals surface area contributed by atoms with E-state index >= 15 is 0 Å². The number of anilines is 1. The number of nitrogens with zero attached hydrogens (tertiary/aromatic N) is 1. The minimum atomic E-state index is -3.93. The number of rotatable bonds is 4. The number of amides is 1. The zero-order chi connectivity index (χ0) is 18.9. The molecule has 0 unspecified atom stereocenters. The molecule has 0 heterocycles. The molecule has 3 aromatic rings. The van der Waals surface area contributed by atoms with Crippen LogP contribution in [0.15, 0.2) is 68.1 Å². The largest absolute Gasteiger partial charge is 0.287 e. The Labute approximate surface area is 147 Å². The zero-order valence-electron chi connectivity index (χ0n) is 13.5. The predicted molar refractivity (Wildman–Crippen MR) is 95.5 cm³/mol. The van der Waals surface area contributed by atoms with E-state index in [4.69, 9.17) is 0 Å². The average Bonchev–Trinajstić information content (AvgIpc) is 2.84. The van der Waals surface area contributed by atoms with E-state index in [0.29, 0.717) is 16.5 Å². The molecule has 9 heteroatoms. The van der Waals surface area contributed by atoms with Crippen molar-refractivity contribution in [2.75, 3.05) is 5.43 Å². The summed E-state index contributed by atoms with van der Waals surface area (Å²) in [5.41, 5.74) is 2.00. The predicted octanol–water partition coefficient (Wildman–Crippen LogP) is 0.188. The van der Waals surface area contributed by atoms with Gasteiger partial charge in [-0.05, 0) is 24.3 Å². The van der Waals surface area contributed by atoms with Gasteiger partial charge >= 0.3 is 0 Å². The Kier molecular flexibility index (Phi) is 4.39. The Morgan fingerprint density at radius 1 is 0.923 bits per heavy atom. The topological polar surface area (TPSA) is 122 Å². The second-order valence-electron chi connectivity index (χ2n) is 5.46. The van der Waals surface area contributed by atoms with Gasteiger partial charge in [-0.3, -0.25) is 19.8 Å². The Balaban J connectivity index is 1.92. The van der Waals surface area contributed by atoms with Crippen molar-refractivity contribution in [3.05, 3.63) is 74.3 Å². The normalized spacial score (nSPS) is 11.3. The van der Waals surface area contributed by atoms with Gasteiger partial charge in [0.25, 0.3) is 10.0 Å². The molecular formula is C17H13N3O5S. The van der Waals surface area contributed by atoms with E-state index in [-0.39, 0.29) is 10.3 Å². The van der Waals surface area contributed by atoms with Crippen molar-refractivity contribution in [3.63, 3.8) is 0 Å². The van der Waals surface area contributed by atoms with Crippen molar-refractivity contribution in [1.29, 1.82) is 0 Å². The standard InChI is InChI=1S/C17H13N3O5S/c1-10(21)20-26(24,25)12-8-6-11(7-9-12)18-19-15-16(22)13-4-2-3-5-14(13)17(15)23/h2-9,18H,1H3,(H,20,21). The molecule has 0 saturated heterocycles. The molecule has 1 amide bonds. The Morgan fingerprint density at radius 2 is 1.46 bits per heavy atom. The van der Waals surface area contributed by atoms with E-state index in [2.05, 4.69) is 10.5 Å². The molecule has 3 aromatic carbocycles. The van der Waals surface area contributed by atoms with Gasteiger partial charge < -0.3 is 0 Å². The van der Waals surface area contributed by atoms with Crippen LogP contribution in [0.5, 0.6) is 0 Å². The number of fused-ring (bicyclic) bond motifs is 1. The van der Waals surface area contributed by atoms with Gasteiger partial charge in [0.2, 0.25) is 16.8 Å². The number of sulfonamides is 1. The highest BCUT2D eigenvalue weighted by molar-refractivity contribution is 7.90. The molecule has 2 N–H and O–H groups in total. The first kappa shape index (κ1) is 17.5. The van der Waals surface area contributed by atoms with Crippen molar-refractivity contribution >= 4 is 32.4 Å². The van der Waals surface area contributed by atoms with E-state index in [1.54, 1.807) is 24.3 Å². The maximum absolute atomic E-state index is 12.2. The highest BCUT2D eigenvalue weighted by Crippen LogP contribution is 2.13. The molecule has 0 aliphatic carbocycles. The summed E-state index contributed by atoms with van der Waals surface area (Å²) < 4.78 is 25.6. The summed E-state index contributed by atoms with van der Waals surface area (Å²) in [5.74, 6) is -0.698. The van der Waals surface area contributed by atoms with Crippen molar-refractivity contribution in [1.82, 2.24) is 4.72 Å². The second-order valence-corrected chi connectivity index (χ2v) is 7.14. The van der Waals surface area contributed by atoms with Crippen LogP contribution in [0, 0.1) is 0 Å². The van der Waals surface area contributed by atoms with E-state index in [1.165, 1.54) is 24.3 Å². The first-order chi connectivity index (χ1) is 12.3. The number of nitrogens with one attached hydrogen (secondary N) is 2. The average molecular weight is 371 g/mol. The molecule has 0 aromatic heterocycles.